The summed E-state index contributed by atoms with van der Waals surface area (Å²) in [6.45, 7) is 0.616. The minimum Gasteiger partial charge on any atom is -0.311 e. The maximum absolute atomic E-state index is 13.4. The molecule has 0 saturated heterocycles. The van der Waals surface area contributed by atoms with Gasteiger partial charge in [-0.1, -0.05) is 64.1 Å². The average molecular weight is 558 g/mol. The molecule has 1 aromatic heterocycles. The number of para-hydroxylation sites is 1. The van der Waals surface area contributed by atoms with Crippen molar-refractivity contribution in [2.24, 2.45) is 0 Å². The standard InChI is InChI=1S/C26H19BrF3N3OS/c27-20-10-8-18(9-11-20)23-15-31-25(33(23)21-6-3-5-19(14-21)26(28,29)30)35-16-24(34)32-13-12-17-4-1-2-7-22(17)32/h1-11,14-15H,12-13,16H2. The fourth-order valence-electron chi connectivity index (χ4n) is 4.13. The Labute approximate surface area is 212 Å². The molecule has 0 atom stereocenters. The molecule has 1 aliphatic rings. The number of amides is 1. The lowest BCUT2D eigenvalue weighted by Gasteiger charge is -2.18. The van der Waals surface area contributed by atoms with Crippen LogP contribution in [0, 0.1) is 0 Å². The van der Waals surface area contributed by atoms with Crippen molar-refractivity contribution in [3.63, 3.8) is 0 Å². The first kappa shape index (κ1) is 23.7. The minimum atomic E-state index is -4.47. The van der Waals surface area contributed by atoms with E-state index >= 15 is 0 Å². The molecule has 35 heavy (non-hydrogen) atoms. The fourth-order valence-corrected chi connectivity index (χ4v) is 5.27. The van der Waals surface area contributed by atoms with E-state index in [1.807, 2.05) is 48.5 Å². The molecular weight excluding hydrogens is 539 g/mol. The van der Waals surface area contributed by atoms with E-state index in [2.05, 4.69) is 20.9 Å². The van der Waals surface area contributed by atoms with Gasteiger partial charge in [-0.05, 0) is 48.4 Å². The van der Waals surface area contributed by atoms with Crippen LogP contribution in [0.25, 0.3) is 16.9 Å². The molecule has 0 unspecified atom stereocenters. The van der Waals surface area contributed by atoms with Gasteiger partial charge in [-0.15, -0.1) is 0 Å². The number of benzene rings is 3. The number of halogens is 4. The van der Waals surface area contributed by atoms with Crippen LogP contribution in [-0.4, -0.2) is 27.8 Å². The van der Waals surface area contributed by atoms with Crippen LogP contribution < -0.4 is 4.90 Å². The lowest BCUT2D eigenvalue weighted by Crippen LogP contribution is -2.30. The van der Waals surface area contributed by atoms with E-state index in [1.165, 1.54) is 17.8 Å². The van der Waals surface area contributed by atoms with Gasteiger partial charge in [-0.25, -0.2) is 4.98 Å². The third-order valence-electron chi connectivity index (χ3n) is 5.81. The summed E-state index contributed by atoms with van der Waals surface area (Å²) in [5.74, 6) is 0.0492. The molecule has 1 aliphatic heterocycles. The number of anilines is 1. The van der Waals surface area contributed by atoms with E-state index < -0.39 is 11.7 Å². The molecule has 9 heteroatoms. The molecule has 178 valence electrons. The Morgan fingerprint density at radius 1 is 1.03 bits per heavy atom. The molecule has 0 aliphatic carbocycles. The first-order valence-corrected chi connectivity index (χ1v) is 12.6. The molecule has 0 spiro atoms. The largest absolute Gasteiger partial charge is 0.416 e. The Hall–Kier alpha value is -3.04. The first-order valence-electron chi connectivity index (χ1n) is 10.8. The summed E-state index contributed by atoms with van der Waals surface area (Å²) >= 11 is 4.62. The zero-order valence-electron chi connectivity index (χ0n) is 18.3. The predicted octanol–water partition coefficient (Wildman–Crippen LogP) is 7.00. The maximum atomic E-state index is 13.4. The van der Waals surface area contributed by atoms with Crippen LogP contribution >= 0.6 is 27.7 Å². The van der Waals surface area contributed by atoms with Crippen LogP contribution in [-0.2, 0) is 17.4 Å². The lowest BCUT2D eigenvalue weighted by molar-refractivity contribution is -0.137. The second kappa shape index (κ2) is 9.54. The van der Waals surface area contributed by atoms with Gasteiger partial charge in [-0.3, -0.25) is 9.36 Å². The summed E-state index contributed by atoms with van der Waals surface area (Å²) in [5.41, 5.74) is 3.06. The summed E-state index contributed by atoms with van der Waals surface area (Å²) in [6.07, 6.45) is -2.04. The van der Waals surface area contributed by atoms with Crippen LogP contribution in [0.3, 0.4) is 0 Å². The Balaban J connectivity index is 1.48. The lowest BCUT2D eigenvalue weighted by atomic mass is 10.1. The summed E-state index contributed by atoms with van der Waals surface area (Å²) in [5, 5.41) is 0.447. The van der Waals surface area contributed by atoms with Crippen LogP contribution in [0.5, 0.6) is 0 Å². The molecule has 0 saturated carbocycles. The van der Waals surface area contributed by atoms with Crippen LogP contribution in [0.15, 0.2) is 88.6 Å². The second-order valence-corrected chi connectivity index (χ2v) is 9.89. The van der Waals surface area contributed by atoms with Gasteiger partial charge in [0.1, 0.15) is 0 Å². The molecule has 0 fully saturated rings. The summed E-state index contributed by atoms with van der Waals surface area (Å²) < 4.78 is 42.9. The summed E-state index contributed by atoms with van der Waals surface area (Å²) in [7, 11) is 0. The van der Waals surface area contributed by atoms with Crippen molar-refractivity contribution in [3.8, 4) is 16.9 Å². The van der Waals surface area contributed by atoms with Gasteiger partial charge in [0.2, 0.25) is 5.91 Å². The Morgan fingerprint density at radius 2 is 1.80 bits per heavy atom. The van der Waals surface area contributed by atoms with Gasteiger partial charge in [0.15, 0.2) is 5.16 Å². The van der Waals surface area contributed by atoms with E-state index in [-0.39, 0.29) is 11.7 Å². The average Bonchev–Trinajstić information content (AvgIpc) is 3.47. The monoisotopic (exact) mass is 557 g/mol. The van der Waals surface area contributed by atoms with Crippen molar-refractivity contribution in [1.29, 1.82) is 0 Å². The van der Waals surface area contributed by atoms with E-state index in [1.54, 1.807) is 21.7 Å². The van der Waals surface area contributed by atoms with Gasteiger partial charge in [0.05, 0.1) is 23.2 Å². The Morgan fingerprint density at radius 3 is 2.57 bits per heavy atom. The third kappa shape index (κ3) is 4.88. The summed E-state index contributed by atoms with van der Waals surface area (Å²) in [4.78, 5) is 19.3. The van der Waals surface area contributed by atoms with Gasteiger partial charge in [0.25, 0.3) is 0 Å². The number of thioether (sulfide) groups is 1. The number of carbonyl (C=O) groups excluding carboxylic acids is 1. The number of rotatable bonds is 5. The Kier molecular flexibility index (Phi) is 6.46. The number of carbonyl (C=O) groups is 1. The topological polar surface area (TPSA) is 38.1 Å². The first-order chi connectivity index (χ1) is 16.8. The zero-order valence-corrected chi connectivity index (χ0v) is 20.7. The second-order valence-electron chi connectivity index (χ2n) is 8.03. The molecule has 4 aromatic rings. The SMILES string of the molecule is O=C(CSc1ncc(-c2ccc(Br)cc2)n1-c1cccc(C(F)(F)F)c1)N1CCc2ccccc21. The number of fused-ring (bicyclic) bond motifs is 1. The van der Waals surface area contributed by atoms with E-state index in [0.717, 1.165) is 39.8 Å². The smallest absolute Gasteiger partial charge is 0.311 e. The molecule has 0 N–H and O–H groups in total. The quantitative estimate of drug-likeness (QED) is 0.248. The van der Waals surface area contributed by atoms with Crippen molar-refractivity contribution in [2.75, 3.05) is 17.2 Å². The summed E-state index contributed by atoms with van der Waals surface area (Å²) in [6, 6.07) is 20.4. The molecule has 0 bridgehead atoms. The van der Waals surface area contributed by atoms with Crippen molar-refractivity contribution < 1.29 is 18.0 Å². The van der Waals surface area contributed by atoms with Gasteiger partial charge in [0, 0.05) is 28.0 Å². The molecular formula is C26H19BrF3N3OS. The Bertz CT molecular complexity index is 1390. The highest BCUT2D eigenvalue weighted by Crippen LogP contribution is 2.35. The number of hydrogen-bond acceptors (Lipinski definition) is 3. The van der Waals surface area contributed by atoms with Crippen molar-refractivity contribution in [2.45, 2.75) is 17.8 Å². The number of hydrogen-bond donors (Lipinski definition) is 0. The normalized spacial score (nSPS) is 13.2. The highest BCUT2D eigenvalue weighted by molar-refractivity contribution is 9.10. The highest BCUT2D eigenvalue weighted by atomic mass is 79.9. The number of alkyl halides is 3. The molecule has 5 rings (SSSR count). The van der Waals surface area contributed by atoms with Crippen molar-refractivity contribution >= 4 is 39.3 Å². The molecule has 0 radical (unpaired) electrons. The van der Waals surface area contributed by atoms with E-state index in [0.29, 0.717) is 23.1 Å². The maximum Gasteiger partial charge on any atom is 0.416 e. The molecule has 4 nitrogen and oxygen atoms in total. The highest BCUT2D eigenvalue weighted by Gasteiger charge is 2.31. The van der Waals surface area contributed by atoms with Crippen LogP contribution in [0.2, 0.25) is 0 Å². The molecule has 2 heterocycles. The van der Waals surface area contributed by atoms with Gasteiger partial charge >= 0.3 is 6.18 Å². The third-order valence-corrected chi connectivity index (χ3v) is 7.28. The zero-order chi connectivity index (χ0) is 24.6. The van der Waals surface area contributed by atoms with Crippen molar-refractivity contribution in [3.05, 3.63) is 94.6 Å². The minimum absolute atomic E-state index is 0.0660. The number of imidazole rings is 1. The van der Waals surface area contributed by atoms with Crippen LogP contribution in [0.4, 0.5) is 18.9 Å². The number of nitrogens with zero attached hydrogens (tertiary/aromatic N) is 3. The number of aromatic nitrogens is 2. The van der Waals surface area contributed by atoms with Crippen LogP contribution in [0.1, 0.15) is 11.1 Å². The van der Waals surface area contributed by atoms with Gasteiger partial charge in [-0.2, -0.15) is 13.2 Å². The van der Waals surface area contributed by atoms with E-state index in [4.69, 9.17) is 0 Å². The fraction of sp³-hybridized carbons (Fsp3) is 0.154. The predicted molar refractivity (Wildman–Crippen MR) is 135 cm³/mol. The van der Waals surface area contributed by atoms with Gasteiger partial charge < -0.3 is 4.90 Å². The molecule has 3 aromatic carbocycles. The van der Waals surface area contributed by atoms with Crippen molar-refractivity contribution in [1.82, 2.24) is 9.55 Å². The molecule has 1 amide bonds. The van der Waals surface area contributed by atoms with E-state index in [9.17, 15) is 18.0 Å².